The maximum absolute atomic E-state index is 5.54. The number of halogens is 1. The lowest BCUT2D eigenvalue weighted by Gasteiger charge is -2.41. The van der Waals surface area contributed by atoms with Crippen molar-refractivity contribution in [3.63, 3.8) is 0 Å². The van der Waals surface area contributed by atoms with E-state index in [0.717, 1.165) is 47.7 Å². The summed E-state index contributed by atoms with van der Waals surface area (Å²) in [5.74, 6) is 1.03. The fourth-order valence-electron chi connectivity index (χ4n) is 2.73. The number of rotatable bonds is 2. The fraction of sp³-hybridized carbons (Fsp3) is 0.462. The van der Waals surface area contributed by atoms with Crippen molar-refractivity contribution >= 4 is 21.7 Å². The van der Waals surface area contributed by atoms with E-state index in [1.807, 2.05) is 17.1 Å². The van der Waals surface area contributed by atoms with Gasteiger partial charge in [0.15, 0.2) is 0 Å². The molecular formula is C13H14BrN5O. The van der Waals surface area contributed by atoms with Crippen LogP contribution >= 0.6 is 15.9 Å². The van der Waals surface area contributed by atoms with E-state index in [2.05, 4.69) is 35.9 Å². The number of hydrogen-bond acceptors (Lipinski definition) is 5. The van der Waals surface area contributed by atoms with Gasteiger partial charge in [0.05, 0.1) is 35.6 Å². The van der Waals surface area contributed by atoms with Crippen LogP contribution in [0.5, 0.6) is 0 Å². The number of ether oxygens (including phenoxy) is 1. The van der Waals surface area contributed by atoms with Crippen LogP contribution in [0.4, 0.5) is 5.82 Å². The molecule has 1 fully saturated rings. The summed E-state index contributed by atoms with van der Waals surface area (Å²) in [5.41, 5.74) is 2.28. The quantitative estimate of drug-likeness (QED) is 0.833. The lowest BCUT2D eigenvalue weighted by atomic mass is 10.1. The minimum atomic E-state index is 0.413. The van der Waals surface area contributed by atoms with E-state index >= 15 is 0 Å². The van der Waals surface area contributed by atoms with E-state index in [1.165, 1.54) is 0 Å². The molecule has 0 atom stereocenters. The highest BCUT2D eigenvalue weighted by atomic mass is 79.9. The SMILES string of the molecule is Brc1cnn(C2CN(c3ncnc4c3COCC4)C2)c1. The smallest absolute Gasteiger partial charge is 0.137 e. The summed E-state index contributed by atoms with van der Waals surface area (Å²) in [6.45, 7) is 3.24. The van der Waals surface area contributed by atoms with Crippen LogP contribution in [0.2, 0.25) is 0 Å². The zero-order valence-corrected chi connectivity index (χ0v) is 12.5. The monoisotopic (exact) mass is 335 g/mol. The number of anilines is 1. The number of aromatic nitrogens is 4. The van der Waals surface area contributed by atoms with Gasteiger partial charge in [-0.1, -0.05) is 0 Å². The summed E-state index contributed by atoms with van der Waals surface area (Å²) >= 11 is 3.43. The van der Waals surface area contributed by atoms with Gasteiger partial charge in [0.25, 0.3) is 0 Å². The molecule has 4 rings (SSSR count). The van der Waals surface area contributed by atoms with Gasteiger partial charge in [-0.05, 0) is 15.9 Å². The van der Waals surface area contributed by atoms with Gasteiger partial charge in [0.1, 0.15) is 12.1 Å². The Labute approximate surface area is 124 Å². The first-order chi connectivity index (χ1) is 9.81. The third-order valence-electron chi connectivity index (χ3n) is 3.85. The van der Waals surface area contributed by atoms with E-state index in [4.69, 9.17) is 4.74 Å². The Morgan fingerprint density at radius 2 is 2.20 bits per heavy atom. The first-order valence-corrected chi connectivity index (χ1v) is 7.45. The average Bonchev–Trinajstić information content (AvgIpc) is 2.84. The summed E-state index contributed by atoms with van der Waals surface area (Å²) in [6, 6.07) is 0.413. The molecule has 0 saturated carbocycles. The topological polar surface area (TPSA) is 56.1 Å². The largest absolute Gasteiger partial charge is 0.376 e. The molecule has 2 aliphatic rings. The molecule has 0 aliphatic carbocycles. The minimum absolute atomic E-state index is 0.413. The predicted molar refractivity (Wildman–Crippen MR) is 76.6 cm³/mol. The molecule has 2 aromatic rings. The molecule has 7 heteroatoms. The van der Waals surface area contributed by atoms with Crippen molar-refractivity contribution in [1.29, 1.82) is 0 Å². The Balaban J connectivity index is 1.53. The second kappa shape index (κ2) is 4.82. The Hall–Kier alpha value is -1.47. The van der Waals surface area contributed by atoms with Gasteiger partial charge in [0, 0.05) is 31.3 Å². The van der Waals surface area contributed by atoms with E-state index in [9.17, 15) is 0 Å². The van der Waals surface area contributed by atoms with Crippen LogP contribution in [0.3, 0.4) is 0 Å². The van der Waals surface area contributed by atoms with Crippen LogP contribution < -0.4 is 4.90 Å². The van der Waals surface area contributed by atoms with E-state index in [-0.39, 0.29) is 0 Å². The van der Waals surface area contributed by atoms with Crippen molar-refractivity contribution in [1.82, 2.24) is 19.7 Å². The lowest BCUT2D eigenvalue weighted by molar-refractivity contribution is 0.109. The molecule has 4 heterocycles. The van der Waals surface area contributed by atoms with Crippen molar-refractivity contribution in [2.24, 2.45) is 0 Å². The van der Waals surface area contributed by atoms with Gasteiger partial charge in [-0.3, -0.25) is 4.68 Å². The van der Waals surface area contributed by atoms with Gasteiger partial charge in [-0.15, -0.1) is 0 Å². The zero-order chi connectivity index (χ0) is 13.5. The van der Waals surface area contributed by atoms with Crippen LogP contribution in [0.1, 0.15) is 17.3 Å². The zero-order valence-electron chi connectivity index (χ0n) is 10.9. The molecule has 20 heavy (non-hydrogen) atoms. The highest BCUT2D eigenvalue weighted by molar-refractivity contribution is 9.10. The molecule has 0 amide bonds. The van der Waals surface area contributed by atoms with Crippen LogP contribution in [-0.4, -0.2) is 39.4 Å². The molecule has 104 valence electrons. The molecule has 6 nitrogen and oxygen atoms in total. The number of fused-ring (bicyclic) bond motifs is 1. The summed E-state index contributed by atoms with van der Waals surface area (Å²) < 4.78 is 8.56. The van der Waals surface area contributed by atoms with E-state index in [0.29, 0.717) is 12.6 Å². The molecule has 0 bridgehead atoms. The Kier molecular flexibility index (Phi) is 2.96. The fourth-order valence-corrected chi connectivity index (χ4v) is 3.03. The summed E-state index contributed by atoms with van der Waals surface area (Å²) in [7, 11) is 0. The second-order valence-corrected chi connectivity index (χ2v) is 6.04. The summed E-state index contributed by atoms with van der Waals surface area (Å²) in [4.78, 5) is 11.1. The molecular weight excluding hydrogens is 322 g/mol. The van der Waals surface area contributed by atoms with Crippen molar-refractivity contribution in [3.05, 3.63) is 34.5 Å². The Bertz CT molecular complexity index is 637. The van der Waals surface area contributed by atoms with Crippen molar-refractivity contribution in [2.75, 3.05) is 24.6 Å². The second-order valence-electron chi connectivity index (χ2n) is 5.12. The van der Waals surface area contributed by atoms with Crippen LogP contribution in [0.15, 0.2) is 23.2 Å². The van der Waals surface area contributed by atoms with Crippen molar-refractivity contribution in [3.8, 4) is 0 Å². The summed E-state index contributed by atoms with van der Waals surface area (Å²) in [6.07, 6.45) is 6.38. The standard InChI is InChI=1S/C13H14BrN5O/c14-9-3-17-19(4-9)10-5-18(6-10)13-11-7-20-2-1-12(11)15-8-16-13/h3-4,8,10H,1-2,5-7H2. The van der Waals surface area contributed by atoms with Crippen molar-refractivity contribution in [2.45, 2.75) is 19.1 Å². The maximum Gasteiger partial charge on any atom is 0.137 e. The predicted octanol–water partition coefficient (Wildman–Crippen LogP) is 1.57. The van der Waals surface area contributed by atoms with Crippen LogP contribution in [-0.2, 0) is 17.8 Å². The third-order valence-corrected chi connectivity index (χ3v) is 4.26. The van der Waals surface area contributed by atoms with Gasteiger partial charge in [-0.25, -0.2) is 9.97 Å². The maximum atomic E-state index is 5.54. The summed E-state index contributed by atoms with van der Waals surface area (Å²) in [5, 5.41) is 4.34. The normalized spacial score (nSPS) is 18.8. The minimum Gasteiger partial charge on any atom is -0.376 e. The molecule has 2 aromatic heterocycles. The molecule has 1 saturated heterocycles. The van der Waals surface area contributed by atoms with Gasteiger partial charge < -0.3 is 9.64 Å². The van der Waals surface area contributed by atoms with Crippen LogP contribution in [0.25, 0.3) is 0 Å². The van der Waals surface area contributed by atoms with Gasteiger partial charge in [-0.2, -0.15) is 5.10 Å². The molecule has 0 N–H and O–H groups in total. The Morgan fingerprint density at radius 3 is 3.00 bits per heavy atom. The Morgan fingerprint density at radius 1 is 1.30 bits per heavy atom. The molecule has 0 radical (unpaired) electrons. The molecule has 0 unspecified atom stereocenters. The molecule has 0 aromatic carbocycles. The lowest BCUT2D eigenvalue weighted by Crippen LogP contribution is -2.49. The number of hydrogen-bond donors (Lipinski definition) is 0. The van der Waals surface area contributed by atoms with Crippen molar-refractivity contribution < 1.29 is 4.74 Å². The van der Waals surface area contributed by atoms with Crippen LogP contribution in [0, 0.1) is 0 Å². The molecule has 0 spiro atoms. The average molecular weight is 336 g/mol. The third kappa shape index (κ3) is 2.01. The van der Waals surface area contributed by atoms with Gasteiger partial charge in [0.2, 0.25) is 0 Å². The highest BCUT2D eigenvalue weighted by Gasteiger charge is 2.32. The van der Waals surface area contributed by atoms with E-state index < -0.39 is 0 Å². The van der Waals surface area contributed by atoms with Gasteiger partial charge >= 0.3 is 0 Å². The first-order valence-electron chi connectivity index (χ1n) is 6.66. The first kappa shape index (κ1) is 12.3. The highest BCUT2D eigenvalue weighted by Crippen LogP contribution is 2.31. The number of nitrogens with zero attached hydrogens (tertiary/aromatic N) is 5. The molecule has 2 aliphatic heterocycles. The van der Waals surface area contributed by atoms with E-state index in [1.54, 1.807) is 6.33 Å².